The maximum absolute atomic E-state index is 13.2. The van der Waals surface area contributed by atoms with Crippen LogP contribution in [0.4, 0.5) is 4.39 Å². The molecule has 0 radical (unpaired) electrons. The number of tetrazole rings is 1. The van der Waals surface area contributed by atoms with Crippen LogP contribution in [0.1, 0.15) is 39.0 Å². The lowest BCUT2D eigenvalue weighted by Crippen LogP contribution is -2.25. The largest absolute Gasteiger partial charge is 0.347 e. The fourth-order valence-electron chi connectivity index (χ4n) is 2.20. The van der Waals surface area contributed by atoms with Gasteiger partial charge in [-0.3, -0.25) is 9.59 Å². The van der Waals surface area contributed by atoms with E-state index < -0.39 is 5.91 Å². The number of hydrogen-bond acceptors (Lipinski definition) is 6. The van der Waals surface area contributed by atoms with Crippen molar-refractivity contribution in [3.05, 3.63) is 52.6 Å². The topological polar surface area (TPSA) is 102 Å². The first-order chi connectivity index (χ1) is 11.5. The molecule has 0 saturated heterocycles. The van der Waals surface area contributed by atoms with Crippen molar-refractivity contribution in [2.24, 2.45) is 0 Å². The Morgan fingerprint density at radius 3 is 2.79 bits per heavy atom. The van der Waals surface area contributed by atoms with E-state index >= 15 is 0 Å². The van der Waals surface area contributed by atoms with E-state index in [0.29, 0.717) is 5.56 Å². The number of Topliss-reactive ketones (excluding diaryl/α,β-unsaturated/α-hetero) is 1. The van der Waals surface area contributed by atoms with Gasteiger partial charge in [0, 0.05) is 13.5 Å². The average molecular weight is 328 g/mol. The zero-order valence-electron chi connectivity index (χ0n) is 12.9. The van der Waals surface area contributed by atoms with Crippen molar-refractivity contribution in [2.45, 2.75) is 20.4 Å². The number of amides is 1. The lowest BCUT2D eigenvalue weighted by molar-refractivity contribution is 0.0946. The highest BCUT2D eigenvalue weighted by atomic mass is 19.1. The van der Waals surface area contributed by atoms with E-state index in [1.807, 2.05) is 0 Å². The number of aromatic nitrogens is 5. The maximum Gasteiger partial charge on any atom is 0.274 e. The highest BCUT2D eigenvalue weighted by Crippen LogP contribution is 2.10. The Balaban J connectivity index is 1.83. The van der Waals surface area contributed by atoms with Gasteiger partial charge in [-0.05, 0) is 40.6 Å². The van der Waals surface area contributed by atoms with Crippen LogP contribution in [-0.4, -0.2) is 36.7 Å². The van der Waals surface area contributed by atoms with E-state index in [-0.39, 0.29) is 35.3 Å². The van der Waals surface area contributed by atoms with Crippen molar-refractivity contribution >= 4 is 17.5 Å². The fourth-order valence-corrected chi connectivity index (χ4v) is 2.20. The monoisotopic (exact) mass is 328 g/mol. The summed E-state index contributed by atoms with van der Waals surface area (Å²) in [7, 11) is 0. The second-order valence-electron chi connectivity index (χ2n) is 5.24. The Labute approximate surface area is 135 Å². The van der Waals surface area contributed by atoms with Crippen molar-refractivity contribution in [1.29, 1.82) is 0 Å². The summed E-state index contributed by atoms with van der Waals surface area (Å²) in [5, 5.41) is 13.4. The van der Waals surface area contributed by atoms with Crippen molar-refractivity contribution in [3.8, 4) is 0 Å². The van der Waals surface area contributed by atoms with Gasteiger partial charge in [0.15, 0.2) is 5.78 Å². The van der Waals surface area contributed by atoms with Gasteiger partial charge in [-0.15, -0.1) is 0 Å². The Hall–Kier alpha value is -3.23. The van der Waals surface area contributed by atoms with Crippen LogP contribution in [0.25, 0.3) is 5.78 Å². The summed E-state index contributed by atoms with van der Waals surface area (Å²) in [6.07, 6.45) is 0. The molecule has 0 atom stereocenters. The Morgan fingerprint density at radius 1 is 1.29 bits per heavy atom. The number of ketones is 1. The third-order valence-electron chi connectivity index (χ3n) is 3.44. The second kappa shape index (κ2) is 6.11. The summed E-state index contributed by atoms with van der Waals surface area (Å²) in [4.78, 5) is 28.0. The quantitative estimate of drug-likeness (QED) is 0.720. The van der Waals surface area contributed by atoms with E-state index in [1.165, 1.54) is 23.6 Å². The van der Waals surface area contributed by atoms with E-state index in [4.69, 9.17) is 0 Å². The molecular formula is C15H13FN6O2. The Kier molecular flexibility index (Phi) is 3.98. The zero-order chi connectivity index (χ0) is 17.3. The van der Waals surface area contributed by atoms with Gasteiger partial charge in [0.25, 0.3) is 11.7 Å². The van der Waals surface area contributed by atoms with E-state index in [9.17, 15) is 14.0 Å². The van der Waals surface area contributed by atoms with Crippen molar-refractivity contribution in [3.63, 3.8) is 0 Å². The maximum atomic E-state index is 13.2. The van der Waals surface area contributed by atoms with E-state index in [0.717, 1.165) is 5.56 Å². The molecule has 1 amide bonds. The number of nitrogens with zero attached hydrogens (tertiary/aromatic N) is 5. The molecule has 3 aromatic rings. The van der Waals surface area contributed by atoms with Crippen LogP contribution < -0.4 is 5.32 Å². The summed E-state index contributed by atoms with van der Waals surface area (Å²) in [5.41, 5.74) is 1.43. The predicted molar refractivity (Wildman–Crippen MR) is 80.9 cm³/mol. The average Bonchev–Trinajstić information content (AvgIpc) is 3.03. The second-order valence-corrected chi connectivity index (χ2v) is 5.24. The van der Waals surface area contributed by atoms with Gasteiger partial charge < -0.3 is 5.32 Å². The van der Waals surface area contributed by atoms with Crippen molar-refractivity contribution in [1.82, 2.24) is 30.3 Å². The molecule has 0 aliphatic carbocycles. The van der Waals surface area contributed by atoms with Crippen LogP contribution in [0.3, 0.4) is 0 Å². The molecule has 2 aromatic heterocycles. The fraction of sp³-hybridized carbons (Fsp3) is 0.200. The minimum absolute atomic E-state index is 0.0290. The summed E-state index contributed by atoms with van der Waals surface area (Å²) in [6.45, 7) is 3.19. The molecule has 1 N–H and O–H groups in total. The number of fused-ring (bicyclic) bond motifs is 1. The molecule has 0 unspecified atom stereocenters. The molecule has 2 heterocycles. The van der Waals surface area contributed by atoms with Crippen LogP contribution in [0, 0.1) is 12.7 Å². The van der Waals surface area contributed by atoms with E-state index in [2.05, 4.69) is 25.8 Å². The molecule has 3 rings (SSSR count). The summed E-state index contributed by atoms with van der Waals surface area (Å²) in [5.74, 6) is -1.02. The summed E-state index contributed by atoms with van der Waals surface area (Å²) >= 11 is 0. The molecule has 9 heteroatoms. The smallest absolute Gasteiger partial charge is 0.274 e. The number of rotatable bonds is 4. The van der Waals surface area contributed by atoms with Crippen LogP contribution in [0.15, 0.2) is 24.3 Å². The van der Waals surface area contributed by atoms with Crippen molar-refractivity contribution < 1.29 is 14.0 Å². The highest BCUT2D eigenvalue weighted by molar-refractivity contribution is 5.97. The molecule has 0 aliphatic heterocycles. The number of halogens is 1. The minimum Gasteiger partial charge on any atom is -0.347 e. The molecule has 8 nitrogen and oxygen atoms in total. The van der Waals surface area contributed by atoms with Crippen LogP contribution >= 0.6 is 0 Å². The summed E-state index contributed by atoms with van der Waals surface area (Å²) < 4.78 is 14.4. The number of carbonyl (C=O) groups is 2. The van der Waals surface area contributed by atoms with Crippen LogP contribution in [0.2, 0.25) is 0 Å². The molecule has 0 spiro atoms. The minimum atomic E-state index is -0.482. The SMILES string of the molecule is CC(=O)c1cc(C(=O)NCc2ccc(F)c(C)c2)nc2nnnn12. The van der Waals surface area contributed by atoms with Gasteiger partial charge >= 0.3 is 0 Å². The van der Waals surface area contributed by atoms with Gasteiger partial charge in [-0.2, -0.15) is 4.52 Å². The van der Waals surface area contributed by atoms with Gasteiger partial charge in [0.05, 0.1) is 0 Å². The molecule has 24 heavy (non-hydrogen) atoms. The first kappa shape index (κ1) is 15.7. The molecule has 0 aliphatic rings. The third-order valence-corrected chi connectivity index (χ3v) is 3.44. The van der Waals surface area contributed by atoms with Gasteiger partial charge in [-0.1, -0.05) is 17.2 Å². The van der Waals surface area contributed by atoms with E-state index in [1.54, 1.807) is 19.1 Å². The normalized spacial score (nSPS) is 10.8. The van der Waals surface area contributed by atoms with Gasteiger partial charge in [-0.25, -0.2) is 9.37 Å². The number of hydrogen-bond donors (Lipinski definition) is 1. The number of nitrogens with one attached hydrogen (secondary N) is 1. The molecule has 122 valence electrons. The van der Waals surface area contributed by atoms with Gasteiger partial charge in [0.1, 0.15) is 17.2 Å². The Bertz CT molecular complexity index is 952. The third kappa shape index (κ3) is 2.96. The van der Waals surface area contributed by atoms with Crippen LogP contribution in [0.5, 0.6) is 0 Å². The lowest BCUT2D eigenvalue weighted by Gasteiger charge is -2.07. The van der Waals surface area contributed by atoms with Crippen LogP contribution in [-0.2, 0) is 6.54 Å². The Morgan fingerprint density at radius 2 is 2.08 bits per heavy atom. The molecule has 0 bridgehead atoms. The summed E-state index contributed by atoms with van der Waals surface area (Å²) in [6, 6.07) is 5.91. The number of benzene rings is 1. The standard InChI is InChI=1S/C15H13FN6O2/c1-8-5-10(3-4-11(8)16)7-17-14(24)12-6-13(9(2)23)22-15(18-12)19-20-21-22/h3-6H,7H2,1-2H3,(H,17,24). The molecule has 0 saturated carbocycles. The first-order valence-corrected chi connectivity index (χ1v) is 7.09. The van der Waals surface area contributed by atoms with Gasteiger partial charge in [0.2, 0.25) is 0 Å². The predicted octanol–water partition coefficient (Wildman–Crippen LogP) is 1.10. The molecular weight excluding hydrogens is 315 g/mol. The first-order valence-electron chi connectivity index (χ1n) is 7.09. The molecule has 0 fully saturated rings. The lowest BCUT2D eigenvalue weighted by atomic mass is 10.1. The number of aryl methyl sites for hydroxylation is 1. The van der Waals surface area contributed by atoms with Crippen molar-refractivity contribution in [2.75, 3.05) is 0 Å². The highest BCUT2D eigenvalue weighted by Gasteiger charge is 2.16. The number of carbonyl (C=O) groups excluding carboxylic acids is 2. The molecule has 1 aromatic carbocycles. The zero-order valence-corrected chi connectivity index (χ0v) is 12.9.